The van der Waals surface area contributed by atoms with Gasteiger partial charge in [-0.3, -0.25) is 9.59 Å². The number of hydrogen-bond acceptors (Lipinski definition) is 4. The lowest BCUT2D eigenvalue weighted by atomic mass is 9.94. The maximum atomic E-state index is 13.0. The van der Waals surface area contributed by atoms with E-state index in [2.05, 4.69) is 18.7 Å². The highest BCUT2D eigenvalue weighted by molar-refractivity contribution is 7.14. The average molecular weight is 350 g/mol. The van der Waals surface area contributed by atoms with Crippen LogP contribution in [0, 0.1) is 5.92 Å². The van der Waals surface area contributed by atoms with Gasteiger partial charge < -0.3 is 15.5 Å². The first-order valence-electron chi connectivity index (χ1n) is 8.91. The third-order valence-electron chi connectivity index (χ3n) is 5.34. The second-order valence-corrected chi connectivity index (χ2v) is 8.28. The van der Waals surface area contributed by atoms with Crippen molar-refractivity contribution in [1.29, 1.82) is 0 Å². The van der Waals surface area contributed by atoms with Gasteiger partial charge in [0.05, 0.1) is 10.9 Å². The summed E-state index contributed by atoms with van der Waals surface area (Å²) in [6.45, 7) is 7.28. The number of thiophene rings is 1. The summed E-state index contributed by atoms with van der Waals surface area (Å²) in [6.07, 6.45) is 3.93. The van der Waals surface area contributed by atoms with Gasteiger partial charge in [0.15, 0.2) is 0 Å². The van der Waals surface area contributed by atoms with Crippen molar-refractivity contribution < 1.29 is 9.59 Å². The summed E-state index contributed by atoms with van der Waals surface area (Å²) in [5.74, 6) is 0.0642. The molecule has 2 amide bonds. The molecule has 132 valence electrons. The Bertz CT molecular complexity index is 605. The Balaban J connectivity index is 1.66. The van der Waals surface area contributed by atoms with E-state index >= 15 is 0 Å². The predicted octanol–water partition coefficient (Wildman–Crippen LogP) is 2.63. The molecule has 2 aliphatic heterocycles. The highest BCUT2D eigenvalue weighted by Gasteiger charge is 2.36. The van der Waals surface area contributed by atoms with E-state index in [9.17, 15) is 9.59 Å². The van der Waals surface area contributed by atoms with E-state index in [1.54, 1.807) is 6.07 Å². The van der Waals surface area contributed by atoms with E-state index in [1.165, 1.54) is 11.3 Å². The number of primary amides is 1. The van der Waals surface area contributed by atoms with Crippen LogP contribution in [0.25, 0.3) is 0 Å². The Kier molecular flexibility index (Phi) is 5.25. The Hall–Kier alpha value is -1.40. The second kappa shape index (κ2) is 7.23. The maximum Gasteiger partial charge on any atom is 0.258 e. The number of carbonyl (C=O) groups excluding carboxylic acids is 2. The molecule has 1 aromatic heterocycles. The molecule has 3 heterocycles. The van der Waals surface area contributed by atoms with Crippen LogP contribution in [0.4, 0.5) is 0 Å². The molecule has 6 heteroatoms. The SMILES string of the molecule is CC(C)N1CCC(C(=O)N2CCC[C@@H]2c2ccc(C(N)=O)s2)CC1. The zero-order valence-electron chi connectivity index (χ0n) is 14.5. The summed E-state index contributed by atoms with van der Waals surface area (Å²) in [7, 11) is 0. The van der Waals surface area contributed by atoms with E-state index in [0.717, 1.165) is 50.2 Å². The Morgan fingerprint density at radius 1 is 1.17 bits per heavy atom. The van der Waals surface area contributed by atoms with Crippen LogP contribution in [0.15, 0.2) is 12.1 Å². The number of amides is 2. The molecule has 1 aromatic rings. The fourth-order valence-electron chi connectivity index (χ4n) is 3.89. The van der Waals surface area contributed by atoms with Gasteiger partial charge in [0.2, 0.25) is 5.91 Å². The fraction of sp³-hybridized carbons (Fsp3) is 0.667. The van der Waals surface area contributed by atoms with Crippen molar-refractivity contribution in [2.45, 2.75) is 51.6 Å². The highest BCUT2D eigenvalue weighted by atomic mass is 32.1. The molecule has 0 bridgehead atoms. The van der Waals surface area contributed by atoms with Crippen LogP contribution in [0.2, 0.25) is 0 Å². The summed E-state index contributed by atoms with van der Waals surface area (Å²) >= 11 is 1.43. The quantitative estimate of drug-likeness (QED) is 0.909. The molecule has 0 aromatic carbocycles. The lowest BCUT2D eigenvalue weighted by molar-refractivity contribution is -0.138. The van der Waals surface area contributed by atoms with E-state index in [0.29, 0.717) is 16.8 Å². The molecule has 2 saturated heterocycles. The zero-order valence-corrected chi connectivity index (χ0v) is 15.3. The molecule has 2 N–H and O–H groups in total. The van der Waals surface area contributed by atoms with Crippen LogP contribution in [0.5, 0.6) is 0 Å². The highest BCUT2D eigenvalue weighted by Crippen LogP contribution is 2.37. The van der Waals surface area contributed by atoms with Gasteiger partial charge >= 0.3 is 0 Å². The molecule has 0 saturated carbocycles. The molecule has 0 spiro atoms. The molecule has 0 radical (unpaired) electrons. The summed E-state index contributed by atoms with van der Waals surface area (Å²) in [5.41, 5.74) is 5.36. The van der Waals surface area contributed by atoms with Crippen LogP contribution in [0.1, 0.15) is 60.1 Å². The second-order valence-electron chi connectivity index (χ2n) is 7.16. The number of piperidine rings is 1. The minimum absolute atomic E-state index is 0.124. The van der Waals surface area contributed by atoms with Gasteiger partial charge in [-0.25, -0.2) is 0 Å². The van der Waals surface area contributed by atoms with E-state index in [-0.39, 0.29) is 17.9 Å². The van der Waals surface area contributed by atoms with Crippen molar-refractivity contribution in [3.8, 4) is 0 Å². The minimum Gasteiger partial charge on any atom is -0.365 e. The molecule has 2 aliphatic rings. The monoisotopic (exact) mass is 349 g/mol. The van der Waals surface area contributed by atoms with Gasteiger partial charge in [0.1, 0.15) is 0 Å². The third kappa shape index (κ3) is 3.49. The zero-order chi connectivity index (χ0) is 17.3. The van der Waals surface area contributed by atoms with Gasteiger partial charge in [0, 0.05) is 23.4 Å². The van der Waals surface area contributed by atoms with Crippen molar-refractivity contribution >= 4 is 23.2 Å². The molecule has 3 rings (SSSR count). The lowest BCUT2D eigenvalue weighted by Crippen LogP contribution is -2.44. The van der Waals surface area contributed by atoms with Gasteiger partial charge in [-0.15, -0.1) is 11.3 Å². The average Bonchev–Trinajstić information content (AvgIpc) is 3.23. The topological polar surface area (TPSA) is 66.6 Å². The van der Waals surface area contributed by atoms with Crippen LogP contribution in [-0.4, -0.2) is 47.3 Å². The van der Waals surface area contributed by atoms with Crippen molar-refractivity contribution in [2.24, 2.45) is 11.7 Å². The first kappa shape index (κ1) is 17.4. The normalized spacial score (nSPS) is 23.1. The molecular weight excluding hydrogens is 322 g/mol. The van der Waals surface area contributed by atoms with Gasteiger partial charge in [0.25, 0.3) is 5.91 Å². The standard InChI is InChI=1S/C18H27N3O2S/c1-12(2)20-10-7-13(8-11-20)18(23)21-9-3-4-14(21)15-5-6-16(24-15)17(19)22/h5-6,12-14H,3-4,7-11H2,1-2H3,(H2,19,22)/t14-/m1/s1. The molecular formula is C18H27N3O2S. The summed E-state index contributed by atoms with van der Waals surface area (Å²) in [5, 5.41) is 0. The van der Waals surface area contributed by atoms with Crippen molar-refractivity contribution in [3.05, 3.63) is 21.9 Å². The van der Waals surface area contributed by atoms with E-state index in [4.69, 9.17) is 5.73 Å². The van der Waals surface area contributed by atoms with E-state index < -0.39 is 0 Å². The van der Waals surface area contributed by atoms with Gasteiger partial charge in [-0.05, 0) is 64.8 Å². The minimum atomic E-state index is -0.386. The number of likely N-dealkylation sites (tertiary alicyclic amines) is 2. The first-order valence-corrected chi connectivity index (χ1v) is 9.73. The van der Waals surface area contributed by atoms with Crippen LogP contribution >= 0.6 is 11.3 Å². The molecule has 2 fully saturated rings. The molecule has 24 heavy (non-hydrogen) atoms. The lowest BCUT2D eigenvalue weighted by Gasteiger charge is -2.36. The number of nitrogens with zero attached hydrogens (tertiary/aromatic N) is 2. The molecule has 5 nitrogen and oxygen atoms in total. The maximum absolute atomic E-state index is 13.0. The van der Waals surface area contributed by atoms with Gasteiger partial charge in [-0.2, -0.15) is 0 Å². The van der Waals surface area contributed by atoms with Gasteiger partial charge in [-0.1, -0.05) is 0 Å². The van der Waals surface area contributed by atoms with Crippen molar-refractivity contribution in [2.75, 3.05) is 19.6 Å². The number of rotatable bonds is 4. The predicted molar refractivity (Wildman–Crippen MR) is 96.0 cm³/mol. The van der Waals surface area contributed by atoms with Crippen LogP contribution < -0.4 is 5.73 Å². The van der Waals surface area contributed by atoms with Crippen LogP contribution in [0.3, 0.4) is 0 Å². The summed E-state index contributed by atoms with van der Waals surface area (Å²) < 4.78 is 0. The largest absolute Gasteiger partial charge is 0.365 e. The summed E-state index contributed by atoms with van der Waals surface area (Å²) in [6, 6.07) is 4.42. The number of hydrogen-bond donors (Lipinski definition) is 1. The first-order chi connectivity index (χ1) is 11.5. The molecule has 0 aliphatic carbocycles. The van der Waals surface area contributed by atoms with Crippen molar-refractivity contribution in [3.63, 3.8) is 0 Å². The Labute approximate surface area is 147 Å². The fourth-order valence-corrected chi connectivity index (χ4v) is 4.90. The van der Waals surface area contributed by atoms with Crippen LogP contribution in [-0.2, 0) is 4.79 Å². The molecule has 0 unspecified atom stereocenters. The summed E-state index contributed by atoms with van der Waals surface area (Å²) in [4.78, 5) is 30.5. The van der Waals surface area contributed by atoms with E-state index in [1.807, 2.05) is 11.0 Å². The Morgan fingerprint density at radius 2 is 1.88 bits per heavy atom. The molecule has 1 atom stereocenters. The number of nitrogens with two attached hydrogens (primary N) is 1. The van der Waals surface area contributed by atoms with Crippen molar-refractivity contribution in [1.82, 2.24) is 9.80 Å². The smallest absolute Gasteiger partial charge is 0.258 e. The third-order valence-corrected chi connectivity index (χ3v) is 6.54. The number of carbonyl (C=O) groups is 2. The Morgan fingerprint density at radius 3 is 2.46 bits per heavy atom.